The normalized spacial score (nSPS) is 15.3. The van der Waals surface area contributed by atoms with Crippen LogP contribution in [0, 0.1) is 0 Å². The highest BCUT2D eigenvalue weighted by atomic mass is 16.5. The number of carboxylic acid groups (broad SMARTS) is 1. The molecule has 4 nitrogen and oxygen atoms in total. The molecule has 1 heterocycles. The molecule has 1 aliphatic rings. The molecule has 0 unspecified atom stereocenters. The van der Waals surface area contributed by atoms with Gasteiger partial charge in [-0.25, -0.2) is 4.79 Å². The SMILES string of the molecule is O=C(O)C1=CNC=CO1. The van der Waals surface area contributed by atoms with E-state index in [-0.39, 0.29) is 5.76 Å². The molecule has 0 bridgehead atoms. The number of hydrogen-bond donors (Lipinski definition) is 2. The number of nitrogens with one attached hydrogen (secondary N) is 1. The van der Waals surface area contributed by atoms with Crippen LogP contribution < -0.4 is 5.32 Å². The lowest BCUT2D eigenvalue weighted by molar-refractivity contribution is -0.135. The first-order chi connectivity index (χ1) is 4.30. The first-order valence-electron chi connectivity index (χ1n) is 2.32. The van der Waals surface area contributed by atoms with Crippen LogP contribution in [0.3, 0.4) is 0 Å². The monoisotopic (exact) mass is 127 g/mol. The average molecular weight is 127 g/mol. The van der Waals surface area contributed by atoms with Crippen molar-refractivity contribution in [2.24, 2.45) is 0 Å². The van der Waals surface area contributed by atoms with Gasteiger partial charge in [0, 0.05) is 6.20 Å². The molecule has 1 aliphatic heterocycles. The van der Waals surface area contributed by atoms with E-state index in [9.17, 15) is 4.79 Å². The fourth-order valence-corrected chi connectivity index (χ4v) is 0.417. The van der Waals surface area contributed by atoms with Crippen molar-refractivity contribution in [3.63, 3.8) is 0 Å². The van der Waals surface area contributed by atoms with E-state index in [1.54, 1.807) is 0 Å². The summed E-state index contributed by atoms with van der Waals surface area (Å²) >= 11 is 0. The predicted octanol–water partition coefficient (Wildman–Crippen LogP) is 0.00340. The molecule has 1 rings (SSSR count). The molecule has 0 aromatic rings. The summed E-state index contributed by atoms with van der Waals surface area (Å²) in [6.45, 7) is 0. The maximum absolute atomic E-state index is 10.1. The van der Waals surface area contributed by atoms with Crippen molar-refractivity contribution in [2.45, 2.75) is 0 Å². The number of hydrogen-bond acceptors (Lipinski definition) is 3. The minimum Gasteiger partial charge on any atom is -0.475 e. The Morgan fingerprint density at radius 1 is 1.78 bits per heavy atom. The van der Waals surface area contributed by atoms with Crippen LogP contribution in [0.15, 0.2) is 24.4 Å². The van der Waals surface area contributed by atoms with Gasteiger partial charge in [0.25, 0.3) is 0 Å². The Balaban J connectivity index is 2.61. The summed E-state index contributed by atoms with van der Waals surface area (Å²) in [6, 6.07) is 0. The summed E-state index contributed by atoms with van der Waals surface area (Å²) in [5.41, 5.74) is 0. The third-order valence-corrected chi connectivity index (χ3v) is 0.784. The zero-order valence-electron chi connectivity index (χ0n) is 4.50. The molecule has 0 radical (unpaired) electrons. The number of ether oxygens (including phenoxy) is 1. The van der Waals surface area contributed by atoms with Gasteiger partial charge in [-0.05, 0) is 0 Å². The van der Waals surface area contributed by atoms with Gasteiger partial charge in [-0.2, -0.15) is 0 Å². The fourth-order valence-electron chi connectivity index (χ4n) is 0.417. The van der Waals surface area contributed by atoms with Crippen molar-refractivity contribution < 1.29 is 14.6 Å². The van der Waals surface area contributed by atoms with Crippen molar-refractivity contribution in [2.75, 3.05) is 0 Å². The summed E-state index contributed by atoms with van der Waals surface area (Å²) in [5, 5.41) is 10.8. The molecule has 48 valence electrons. The highest BCUT2D eigenvalue weighted by Gasteiger charge is 2.07. The van der Waals surface area contributed by atoms with Gasteiger partial charge < -0.3 is 15.2 Å². The third kappa shape index (κ3) is 1.22. The van der Waals surface area contributed by atoms with Crippen molar-refractivity contribution in [3.05, 3.63) is 24.4 Å². The van der Waals surface area contributed by atoms with E-state index in [0.717, 1.165) is 0 Å². The molecule has 0 aromatic heterocycles. The zero-order chi connectivity index (χ0) is 6.69. The Hall–Kier alpha value is -1.45. The molecular weight excluding hydrogens is 122 g/mol. The highest BCUT2D eigenvalue weighted by molar-refractivity contribution is 5.84. The largest absolute Gasteiger partial charge is 0.475 e. The standard InChI is InChI=1S/C5H5NO3/c7-5(8)4-3-6-1-2-9-4/h1-3,6H,(H,7,8). The lowest BCUT2D eigenvalue weighted by Gasteiger charge is -2.04. The second-order valence-corrected chi connectivity index (χ2v) is 1.40. The molecule has 2 N–H and O–H groups in total. The van der Waals surface area contributed by atoms with Gasteiger partial charge >= 0.3 is 5.97 Å². The minimum absolute atomic E-state index is 0.0995. The molecule has 4 heteroatoms. The molecule has 0 amide bonds. The predicted molar refractivity (Wildman–Crippen MR) is 29.1 cm³/mol. The second-order valence-electron chi connectivity index (χ2n) is 1.40. The average Bonchev–Trinajstić information content (AvgIpc) is 1.90. The number of carbonyl (C=O) groups is 1. The summed E-state index contributed by atoms with van der Waals surface area (Å²) < 4.78 is 4.56. The Bertz CT molecular complexity index is 183. The summed E-state index contributed by atoms with van der Waals surface area (Å²) in [7, 11) is 0. The molecular formula is C5H5NO3. The van der Waals surface area contributed by atoms with Crippen LogP contribution in [-0.4, -0.2) is 11.1 Å². The smallest absolute Gasteiger partial charge is 0.373 e. The van der Waals surface area contributed by atoms with Crippen LogP contribution in [0.5, 0.6) is 0 Å². The highest BCUT2D eigenvalue weighted by Crippen LogP contribution is 1.99. The van der Waals surface area contributed by atoms with Crippen LogP contribution in [-0.2, 0) is 9.53 Å². The van der Waals surface area contributed by atoms with E-state index >= 15 is 0 Å². The van der Waals surface area contributed by atoms with Gasteiger partial charge in [-0.15, -0.1) is 0 Å². The van der Waals surface area contributed by atoms with E-state index in [1.165, 1.54) is 18.7 Å². The third-order valence-electron chi connectivity index (χ3n) is 0.784. The first-order valence-corrected chi connectivity index (χ1v) is 2.32. The van der Waals surface area contributed by atoms with Gasteiger partial charge in [-0.1, -0.05) is 0 Å². The second kappa shape index (κ2) is 2.21. The lowest BCUT2D eigenvalue weighted by Crippen LogP contribution is -2.10. The van der Waals surface area contributed by atoms with Gasteiger partial charge in [0.2, 0.25) is 5.76 Å². The van der Waals surface area contributed by atoms with Crippen LogP contribution in [0.1, 0.15) is 0 Å². The van der Waals surface area contributed by atoms with E-state index in [2.05, 4.69) is 10.1 Å². The fraction of sp³-hybridized carbons (Fsp3) is 0. The Morgan fingerprint density at radius 3 is 2.89 bits per heavy atom. The minimum atomic E-state index is -1.08. The molecule has 0 atom stereocenters. The molecule has 0 aliphatic carbocycles. The van der Waals surface area contributed by atoms with E-state index < -0.39 is 5.97 Å². The van der Waals surface area contributed by atoms with Crippen molar-refractivity contribution in [1.82, 2.24) is 5.32 Å². The molecule has 9 heavy (non-hydrogen) atoms. The van der Waals surface area contributed by atoms with Crippen molar-refractivity contribution in [1.29, 1.82) is 0 Å². The maximum Gasteiger partial charge on any atom is 0.373 e. The quantitative estimate of drug-likeness (QED) is 0.520. The summed E-state index contributed by atoms with van der Waals surface area (Å²) in [4.78, 5) is 10.1. The van der Waals surface area contributed by atoms with Gasteiger partial charge in [0.05, 0.1) is 6.20 Å². The van der Waals surface area contributed by atoms with Gasteiger partial charge in [0.1, 0.15) is 6.26 Å². The van der Waals surface area contributed by atoms with E-state index in [1.807, 2.05) is 0 Å². The maximum atomic E-state index is 10.1. The Morgan fingerprint density at radius 2 is 2.56 bits per heavy atom. The van der Waals surface area contributed by atoms with Crippen LogP contribution in [0.25, 0.3) is 0 Å². The molecule has 0 aromatic carbocycles. The van der Waals surface area contributed by atoms with Crippen molar-refractivity contribution in [3.8, 4) is 0 Å². The van der Waals surface area contributed by atoms with Crippen LogP contribution >= 0.6 is 0 Å². The Kier molecular flexibility index (Phi) is 1.40. The summed E-state index contributed by atoms with van der Waals surface area (Å²) in [5.74, 6) is -1.18. The molecule has 0 spiro atoms. The number of aliphatic carboxylic acids is 1. The summed E-state index contributed by atoms with van der Waals surface area (Å²) in [6.07, 6.45) is 4.03. The van der Waals surface area contributed by atoms with Gasteiger partial charge in [0.15, 0.2) is 0 Å². The number of rotatable bonds is 1. The number of carboxylic acids is 1. The van der Waals surface area contributed by atoms with Crippen molar-refractivity contribution >= 4 is 5.97 Å². The topological polar surface area (TPSA) is 58.6 Å². The Labute approximate surface area is 51.4 Å². The van der Waals surface area contributed by atoms with Gasteiger partial charge in [-0.3, -0.25) is 0 Å². The van der Waals surface area contributed by atoms with E-state index in [0.29, 0.717) is 0 Å². The zero-order valence-corrected chi connectivity index (χ0v) is 4.50. The van der Waals surface area contributed by atoms with Crippen LogP contribution in [0.2, 0.25) is 0 Å². The van der Waals surface area contributed by atoms with Crippen LogP contribution in [0.4, 0.5) is 0 Å². The van der Waals surface area contributed by atoms with E-state index in [4.69, 9.17) is 5.11 Å². The molecule has 0 saturated carbocycles. The first kappa shape index (κ1) is 5.68. The lowest BCUT2D eigenvalue weighted by atomic mass is 10.5. The molecule has 0 saturated heterocycles. The molecule has 0 fully saturated rings.